The standard InChI is InChI=1S/C22H24N4O.2ClH/c1-25(19-12-16-8-9-17(13-19)24-16)22(27)15-6-10-18(11-7-15)26-14-23-20-4-2-3-5-21(20)26;;/h2-7,10-11,14,16-17,19,24H,8-9,12-13H2,1H3;2*1H. The number of imidazole rings is 1. The highest BCUT2D eigenvalue weighted by Crippen LogP contribution is 2.30. The Balaban J connectivity index is 0.00000120. The van der Waals surface area contributed by atoms with Gasteiger partial charge in [-0.15, -0.1) is 24.8 Å². The van der Waals surface area contributed by atoms with Gasteiger partial charge < -0.3 is 10.2 Å². The van der Waals surface area contributed by atoms with Crippen molar-refractivity contribution in [3.8, 4) is 5.69 Å². The van der Waals surface area contributed by atoms with Crippen LogP contribution in [-0.4, -0.2) is 45.5 Å². The van der Waals surface area contributed by atoms with E-state index in [0.717, 1.165) is 35.1 Å². The average Bonchev–Trinajstić information content (AvgIpc) is 3.29. The molecule has 3 aromatic rings. The molecule has 0 spiro atoms. The van der Waals surface area contributed by atoms with Gasteiger partial charge in [-0.25, -0.2) is 4.98 Å². The minimum atomic E-state index is 0. The monoisotopic (exact) mass is 432 g/mol. The second-order valence-electron chi connectivity index (χ2n) is 7.83. The van der Waals surface area contributed by atoms with Gasteiger partial charge >= 0.3 is 0 Å². The van der Waals surface area contributed by atoms with Gasteiger partial charge in [-0.05, 0) is 62.1 Å². The Labute approximate surface area is 183 Å². The van der Waals surface area contributed by atoms with Gasteiger partial charge in [0.2, 0.25) is 0 Å². The summed E-state index contributed by atoms with van der Waals surface area (Å²) in [6.07, 6.45) is 6.46. The maximum absolute atomic E-state index is 13.0. The van der Waals surface area contributed by atoms with E-state index >= 15 is 0 Å². The number of fused-ring (bicyclic) bond motifs is 3. The lowest BCUT2D eigenvalue weighted by atomic mass is 9.98. The number of amides is 1. The molecule has 29 heavy (non-hydrogen) atoms. The van der Waals surface area contributed by atoms with Crippen molar-refractivity contribution < 1.29 is 4.79 Å². The van der Waals surface area contributed by atoms with Crippen LogP contribution in [0.4, 0.5) is 0 Å². The summed E-state index contributed by atoms with van der Waals surface area (Å²) in [5, 5.41) is 3.64. The molecule has 2 bridgehead atoms. The normalized spacial score (nSPS) is 22.6. The molecule has 5 rings (SSSR count). The minimum absolute atomic E-state index is 0. The number of hydrogen-bond donors (Lipinski definition) is 1. The van der Waals surface area contributed by atoms with Gasteiger partial charge in [0.05, 0.1) is 11.0 Å². The smallest absolute Gasteiger partial charge is 0.253 e. The molecule has 0 radical (unpaired) electrons. The molecule has 154 valence electrons. The first-order valence-electron chi connectivity index (χ1n) is 9.75. The summed E-state index contributed by atoms with van der Waals surface area (Å²) in [6.45, 7) is 0. The molecule has 5 nitrogen and oxygen atoms in total. The first kappa shape index (κ1) is 21.6. The van der Waals surface area contributed by atoms with Crippen LogP contribution in [0, 0.1) is 0 Å². The second-order valence-corrected chi connectivity index (χ2v) is 7.83. The van der Waals surface area contributed by atoms with Crippen molar-refractivity contribution in [1.82, 2.24) is 19.8 Å². The van der Waals surface area contributed by atoms with Gasteiger partial charge in [-0.1, -0.05) is 12.1 Å². The molecule has 0 aliphatic carbocycles. The van der Waals surface area contributed by atoms with E-state index in [-0.39, 0.29) is 30.7 Å². The summed E-state index contributed by atoms with van der Waals surface area (Å²) < 4.78 is 2.05. The summed E-state index contributed by atoms with van der Waals surface area (Å²) in [6, 6.07) is 17.4. The molecule has 1 aromatic heterocycles. The average molecular weight is 433 g/mol. The largest absolute Gasteiger partial charge is 0.339 e. The zero-order valence-electron chi connectivity index (χ0n) is 16.3. The number of nitrogens with zero attached hydrogens (tertiary/aromatic N) is 3. The topological polar surface area (TPSA) is 50.2 Å². The summed E-state index contributed by atoms with van der Waals surface area (Å²) in [7, 11) is 1.95. The van der Waals surface area contributed by atoms with E-state index in [9.17, 15) is 4.79 Å². The van der Waals surface area contributed by atoms with Crippen molar-refractivity contribution in [2.45, 2.75) is 43.8 Å². The maximum atomic E-state index is 13.0. The van der Waals surface area contributed by atoms with Gasteiger partial charge in [0.1, 0.15) is 6.33 Å². The minimum Gasteiger partial charge on any atom is -0.339 e. The van der Waals surface area contributed by atoms with Gasteiger partial charge in [0, 0.05) is 36.4 Å². The number of carbonyl (C=O) groups is 1. The van der Waals surface area contributed by atoms with Crippen molar-refractivity contribution in [2.24, 2.45) is 0 Å². The SMILES string of the molecule is CN(C(=O)c1ccc(-n2cnc3ccccc32)cc1)C1CC2CCC(C1)N2.Cl.Cl. The lowest BCUT2D eigenvalue weighted by molar-refractivity contribution is 0.0681. The summed E-state index contributed by atoms with van der Waals surface area (Å²) in [5.41, 5.74) is 3.80. The molecule has 3 heterocycles. The summed E-state index contributed by atoms with van der Waals surface area (Å²) in [4.78, 5) is 19.4. The van der Waals surface area contributed by atoms with Crippen molar-refractivity contribution in [3.05, 3.63) is 60.4 Å². The summed E-state index contributed by atoms with van der Waals surface area (Å²) in [5.74, 6) is 0.114. The third-order valence-electron chi connectivity index (χ3n) is 6.16. The van der Waals surface area contributed by atoms with E-state index in [1.54, 1.807) is 0 Å². The number of para-hydroxylation sites is 2. The third-order valence-corrected chi connectivity index (χ3v) is 6.16. The fraction of sp³-hybridized carbons (Fsp3) is 0.364. The Morgan fingerprint density at radius 2 is 1.69 bits per heavy atom. The molecule has 2 atom stereocenters. The van der Waals surface area contributed by atoms with E-state index < -0.39 is 0 Å². The number of nitrogens with one attached hydrogen (secondary N) is 1. The van der Waals surface area contributed by atoms with E-state index in [1.807, 2.05) is 60.7 Å². The van der Waals surface area contributed by atoms with Crippen molar-refractivity contribution in [3.63, 3.8) is 0 Å². The lowest BCUT2D eigenvalue weighted by Gasteiger charge is -2.35. The predicted molar refractivity (Wildman–Crippen MR) is 121 cm³/mol. The number of carbonyl (C=O) groups excluding carboxylic acids is 1. The van der Waals surface area contributed by atoms with Crippen molar-refractivity contribution in [1.29, 1.82) is 0 Å². The van der Waals surface area contributed by atoms with E-state index in [2.05, 4.69) is 20.9 Å². The van der Waals surface area contributed by atoms with Crippen molar-refractivity contribution in [2.75, 3.05) is 7.05 Å². The molecule has 2 fully saturated rings. The van der Waals surface area contributed by atoms with Crippen LogP contribution < -0.4 is 5.32 Å². The number of halogens is 2. The highest BCUT2D eigenvalue weighted by atomic mass is 35.5. The molecular formula is C22H26Cl2N4O. The molecule has 2 saturated heterocycles. The Morgan fingerprint density at radius 1 is 1.03 bits per heavy atom. The summed E-state index contributed by atoms with van der Waals surface area (Å²) >= 11 is 0. The fourth-order valence-corrected chi connectivity index (χ4v) is 4.64. The fourth-order valence-electron chi connectivity index (χ4n) is 4.64. The molecule has 2 aromatic carbocycles. The number of rotatable bonds is 3. The quantitative estimate of drug-likeness (QED) is 0.673. The molecule has 7 heteroatoms. The number of aromatic nitrogens is 2. The second kappa shape index (κ2) is 8.74. The van der Waals surface area contributed by atoms with Crippen molar-refractivity contribution >= 4 is 41.8 Å². The maximum Gasteiger partial charge on any atom is 0.253 e. The van der Waals surface area contributed by atoms with E-state index in [0.29, 0.717) is 18.1 Å². The molecule has 2 unspecified atom stereocenters. The lowest BCUT2D eigenvalue weighted by Crippen LogP contribution is -2.48. The Bertz CT molecular complexity index is 976. The predicted octanol–water partition coefficient (Wildman–Crippen LogP) is 4.22. The zero-order chi connectivity index (χ0) is 18.4. The number of piperidine rings is 1. The molecule has 1 N–H and O–H groups in total. The highest BCUT2D eigenvalue weighted by molar-refractivity contribution is 5.94. The third kappa shape index (κ3) is 4.00. The molecule has 1 amide bonds. The zero-order valence-corrected chi connectivity index (χ0v) is 18.0. The van der Waals surface area contributed by atoms with Gasteiger partial charge in [0.25, 0.3) is 5.91 Å². The molecule has 0 saturated carbocycles. The Morgan fingerprint density at radius 3 is 2.38 bits per heavy atom. The van der Waals surface area contributed by atoms with Crippen LogP contribution in [0.5, 0.6) is 0 Å². The van der Waals surface area contributed by atoms with Crippen LogP contribution in [-0.2, 0) is 0 Å². The Kier molecular flexibility index (Phi) is 6.52. The highest BCUT2D eigenvalue weighted by Gasteiger charge is 2.36. The first-order chi connectivity index (χ1) is 13.2. The first-order valence-corrected chi connectivity index (χ1v) is 9.75. The number of hydrogen-bond acceptors (Lipinski definition) is 3. The van der Waals surface area contributed by atoms with Crippen LogP contribution in [0.15, 0.2) is 54.9 Å². The van der Waals surface area contributed by atoms with Crippen LogP contribution in [0.3, 0.4) is 0 Å². The number of benzene rings is 2. The van der Waals surface area contributed by atoms with Crippen LogP contribution in [0.1, 0.15) is 36.0 Å². The van der Waals surface area contributed by atoms with Crippen LogP contribution in [0.25, 0.3) is 16.7 Å². The van der Waals surface area contributed by atoms with Crippen LogP contribution >= 0.6 is 24.8 Å². The van der Waals surface area contributed by atoms with E-state index in [1.165, 1.54) is 12.8 Å². The van der Waals surface area contributed by atoms with Crippen LogP contribution in [0.2, 0.25) is 0 Å². The van der Waals surface area contributed by atoms with Gasteiger partial charge in [-0.2, -0.15) is 0 Å². The van der Waals surface area contributed by atoms with Gasteiger partial charge in [-0.3, -0.25) is 9.36 Å². The van der Waals surface area contributed by atoms with Gasteiger partial charge in [0.15, 0.2) is 0 Å². The molecule has 2 aliphatic rings. The molecule has 2 aliphatic heterocycles. The van der Waals surface area contributed by atoms with E-state index in [4.69, 9.17) is 0 Å². The Hall–Kier alpha value is -2.08. The molecular weight excluding hydrogens is 407 g/mol.